The van der Waals surface area contributed by atoms with Crippen LogP contribution >= 0.6 is 0 Å². The van der Waals surface area contributed by atoms with Crippen LogP contribution in [0.1, 0.15) is 48.9 Å². The molecule has 1 amide bonds. The number of ether oxygens (including phenoxy) is 2. The topological polar surface area (TPSA) is 60.5 Å². The van der Waals surface area contributed by atoms with Crippen LogP contribution in [0.25, 0.3) is 0 Å². The van der Waals surface area contributed by atoms with E-state index in [0.29, 0.717) is 24.1 Å². The van der Waals surface area contributed by atoms with Crippen molar-refractivity contribution in [3.8, 4) is 5.88 Å². The molecule has 0 aromatic carbocycles. The Morgan fingerprint density at radius 2 is 2.14 bits per heavy atom. The van der Waals surface area contributed by atoms with Gasteiger partial charge in [0.25, 0.3) is 5.91 Å². The van der Waals surface area contributed by atoms with Crippen LogP contribution in [0.3, 0.4) is 0 Å². The number of hydrogen-bond donors (Lipinski definition) is 1. The first-order valence-corrected chi connectivity index (χ1v) is 7.82. The van der Waals surface area contributed by atoms with E-state index in [2.05, 4.69) is 10.3 Å². The van der Waals surface area contributed by atoms with Crippen LogP contribution in [0, 0.1) is 0 Å². The van der Waals surface area contributed by atoms with Crippen molar-refractivity contribution in [2.45, 2.75) is 50.7 Å². The van der Waals surface area contributed by atoms with Crippen molar-refractivity contribution in [2.24, 2.45) is 0 Å². The Bertz CT molecular complexity index is 480. The van der Waals surface area contributed by atoms with Gasteiger partial charge in [-0.3, -0.25) is 4.79 Å². The van der Waals surface area contributed by atoms with Gasteiger partial charge in [-0.05, 0) is 18.9 Å². The third-order valence-electron chi connectivity index (χ3n) is 4.11. The summed E-state index contributed by atoms with van der Waals surface area (Å²) in [6.45, 7) is 1.33. The first kappa shape index (κ1) is 14.3. The molecule has 0 radical (unpaired) electrons. The van der Waals surface area contributed by atoms with Crippen molar-refractivity contribution in [3.05, 3.63) is 23.9 Å². The van der Waals surface area contributed by atoms with Gasteiger partial charge < -0.3 is 14.8 Å². The van der Waals surface area contributed by atoms with E-state index >= 15 is 0 Å². The Hall–Kier alpha value is -1.62. The summed E-state index contributed by atoms with van der Waals surface area (Å²) in [6.07, 6.45) is 8.41. The van der Waals surface area contributed by atoms with Gasteiger partial charge in [-0.1, -0.05) is 19.3 Å². The van der Waals surface area contributed by atoms with E-state index in [4.69, 9.17) is 9.47 Å². The Morgan fingerprint density at radius 3 is 2.90 bits per heavy atom. The molecule has 2 fully saturated rings. The number of nitrogens with one attached hydrogen (secondary N) is 1. The predicted octanol–water partition coefficient (Wildman–Crippen LogP) is 2.31. The molecule has 21 heavy (non-hydrogen) atoms. The number of nitrogens with zero attached hydrogens (tertiary/aromatic N) is 1. The number of hydrogen-bond acceptors (Lipinski definition) is 4. The van der Waals surface area contributed by atoms with Gasteiger partial charge in [0.15, 0.2) is 0 Å². The first-order chi connectivity index (χ1) is 10.3. The van der Waals surface area contributed by atoms with Crippen LogP contribution in [-0.4, -0.2) is 36.3 Å². The number of carbonyl (C=O) groups excluding carboxylic acids is 1. The summed E-state index contributed by atoms with van der Waals surface area (Å²) in [4.78, 5) is 16.5. The molecule has 0 spiro atoms. The van der Waals surface area contributed by atoms with Gasteiger partial charge in [0.1, 0.15) is 6.10 Å². The Labute approximate surface area is 125 Å². The van der Waals surface area contributed by atoms with Crippen molar-refractivity contribution in [1.82, 2.24) is 10.3 Å². The first-order valence-electron chi connectivity index (χ1n) is 7.82. The highest BCUT2D eigenvalue weighted by Gasteiger charge is 2.20. The van der Waals surface area contributed by atoms with E-state index in [-0.39, 0.29) is 12.0 Å². The molecule has 0 unspecified atom stereocenters. The zero-order chi connectivity index (χ0) is 14.5. The van der Waals surface area contributed by atoms with Gasteiger partial charge in [0.05, 0.1) is 13.2 Å². The lowest BCUT2D eigenvalue weighted by atomic mass is 9.95. The fourth-order valence-electron chi connectivity index (χ4n) is 2.91. The maximum atomic E-state index is 12.3. The van der Waals surface area contributed by atoms with Gasteiger partial charge in [0, 0.05) is 30.3 Å². The average molecular weight is 290 g/mol. The van der Waals surface area contributed by atoms with Crippen LogP contribution in [0.2, 0.25) is 0 Å². The summed E-state index contributed by atoms with van der Waals surface area (Å²) >= 11 is 0. The van der Waals surface area contributed by atoms with Gasteiger partial charge in [-0.25, -0.2) is 4.98 Å². The molecule has 1 saturated heterocycles. The quantitative estimate of drug-likeness (QED) is 0.924. The molecule has 1 aromatic rings. The SMILES string of the molecule is O=C(NC1CCCCC1)c1ccnc(O[C@H]2CCOC2)c1. The third-order valence-corrected chi connectivity index (χ3v) is 4.11. The number of pyridine rings is 1. The highest BCUT2D eigenvalue weighted by molar-refractivity contribution is 5.94. The maximum absolute atomic E-state index is 12.3. The Morgan fingerprint density at radius 1 is 1.29 bits per heavy atom. The second-order valence-corrected chi connectivity index (χ2v) is 5.79. The van der Waals surface area contributed by atoms with E-state index in [9.17, 15) is 4.79 Å². The maximum Gasteiger partial charge on any atom is 0.251 e. The molecule has 5 heteroatoms. The van der Waals surface area contributed by atoms with Gasteiger partial charge in [-0.2, -0.15) is 0 Å². The lowest BCUT2D eigenvalue weighted by molar-refractivity contribution is 0.0926. The lowest BCUT2D eigenvalue weighted by Gasteiger charge is -2.22. The monoisotopic (exact) mass is 290 g/mol. The van der Waals surface area contributed by atoms with E-state index in [1.165, 1.54) is 19.3 Å². The number of rotatable bonds is 4. The van der Waals surface area contributed by atoms with Gasteiger partial charge in [0.2, 0.25) is 5.88 Å². The van der Waals surface area contributed by atoms with Crippen molar-refractivity contribution in [2.75, 3.05) is 13.2 Å². The molecule has 2 heterocycles. The molecular weight excluding hydrogens is 268 g/mol. The molecular formula is C16H22N2O3. The molecule has 3 rings (SSSR count). The predicted molar refractivity (Wildman–Crippen MR) is 78.4 cm³/mol. The van der Waals surface area contributed by atoms with Crippen LogP contribution < -0.4 is 10.1 Å². The van der Waals surface area contributed by atoms with Gasteiger partial charge >= 0.3 is 0 Å². The van der Waals surface area contributed by atoms with Gasteiger partial charge in [-0.15, -0.1) is 0 Å². The van der Waals surface area contributed by atoms with E-state index < -0.39 is 0 Å². The molecule has 1 aliphatic heterocycles. The summed E-state index contributed by atoms with van der Waals surface area (Å²) < 4.78 is 11.0. The summed E-state index contributed by atoms with van der Waals surface area (Å²) in [5.74, 6) is 0.471. The summed E-state index contributed by atoms with van der Waals surface area (Å²) in [6, 6.07) is 3.76. The fourth-order valence-corrected chi connectivity index (χ4v) is 2.91. The Balaban J connectivity index is 1.59. The zero-order valence-corrected chi connectivity index (χ0v) is 12.2. The summed E-state index contributed by atoms with van der Waals surface area (Å²) in [7, 11) is 0. The van der Waals surface area contributed by atoms with E-state index in [1.54, 1.807) is 18.3 Å². The molecule has 1 aromatic heterocycles. The number of amides is 1. The van der Waals surface area contributed by atoms with Crippen molar-refractivity contribution >= 4 is 5.91 Å². The lowest BCUT2D eigenvalue weighted by Crippen LogP contribution is -2.36. The van der Waals surface area contributed by atoms with Crippen molar-refractivity contribution in [3.63, 3.8) is 0 Å². The minimum atomic E-state index is -0.0307. The number of aromatic nitrogens is 1. The zero-order valence-electron chi connectivity index (χ0n) is 12.2. The molecule has 114 valence electrons. The number of carbonyl (C=O) groups is 1. The second-order valence-electron chi connectivity index (χ2n) is 5.79. The molecule has 1 aliphatic carbocycles. The minimum absolute atomic E-state index is 0.0307. The molecule has 1 saturated carbocycles. The summed E-state index contributed by atoms with van der Waals surface area (Å²) in [5, 5.41) is 3.11. The van der Waals surface area contributed by atoms with Crippen LogP contribution in [0.5, 0.6) is 5.88 Å². The molecule has 2 aliphatic rings. The largest absolute Gasteiger partial charge is 0.472 e. The third kappa shape index (κ3) is 3.94. The van der Waals surface area contributed by atoms with Crippen LogP contribution in [-0.2, 0) is 4.74 Å². The summed E-state index contributed by atoms with van der Waals surface area (Å²) in [5.41, 5.74) is 0.615. The van der Waals surface area contributed by atoms with Crippen LogP contribution in [0.4, 0.5) is 0 Å². The van der Waals surface area contributed by atoms with Crippen LogP contribution in [0.15, 0.2) is 18.3 Å². The Kier molecular flexibility index (Phi) is 4.70. The highest BCUT2D eigenvalue weighted by atomic mass is 16.5. The van der Waals surface area contributed by atoms with Crippen molar-refractivity contribution < 1.29 is 14.3 Å². The van der Waals surface area contributed by atoms with Crippen molar-refractivity contribution in [1.29, 1.82) is 0 Å². The fraction of sp³-hybridized carbons (Fsp3) is 0.625. The molecule has 1 atom stereocenters. The molecule has 0 bridgehead atoms. The smallest absolute Gasteiger partial charge is 0.251 e. The van der Waals surface area contributed by atoms with E-state index in [0.717, 1.165) is 25.9 Å². The molecule has 1 N–H and O–H groups in total. The minimum Gasteiger partial charge on any atom is -0.472 e. The normalized spacial score (nSPS) is 23.0. The second kappa shape index (κ2) is 6.89. The van der Waals surface area contributed by atoms with E-state index in [1.807, 2.05) is 0 Å². The molecule has 5 nitrogen and oxygen atoms in total. The standard InChI is InChI=1S/C16H22N2O3/c19-16(18-13-4-2-1-3-5-13)12-6-8-17-15(10-12)21-14-7-9-20-11-14/h6,8,10,13-14H,1-5,7,9,11H2,(H,18,19)/t14-/m0/s1. The highest BCUT2D eigenvalue weighted by Crippen LogP contribution is 2.19. The average Bonchev–Trinajstić information content (AvgIpc) is 3.01.